The normalized spacial score (nSPS) is 19.7. The van der Waals surface area contributed by atoms with E-state index in [4.69, 9.17) is 0 Å². The Labute approximate surface area is 113 Å². The second kappa shape index (κ2) is 4.23. The van der Waals surface area contributed by atoms with Crippen LogP contribution in [-0.4, -0.2) is 39.8 Å². The summed E-state index contributed by atoms with van der Waals surface area (Å²) < 4.78 is 29.3. The largest absolute Gasteiger partial charge is 0.465 e. The molecular weight excluding hydrogens is 266 g/mol. The van der Waals surface area contributed by atoms with Gasteiger partial charge in [0.25, 0.3) is 0 Å². The second-order valence-electron chi connectivity index (χ2n) is 5.30. The zero-order valence-corrected chi connectivity index (χ0v) is 12.2. The molecule has 104 valence electrons. The molecule has 19 heavy (non-hydrogen) atoms. The van der Waals surface area contributed by atoms with Crippen LogP contribution in [0.1, 0.15) is 24.2 Å². The number of fused-ring (bicyclic) bond motifs is 1. The molecule has 1 aromatic rings. The van der Waals surface area contributed by atoms with Crippen molar-refractivity contribution >= 4 is 21.5 Å². The highest BCUT2D eigenvalue weighted by Gasteiger charge is 2.39. The minimum absolute atomic E-state index is 0.0220. The Morgan fingerprint density at radius 1 is 1.37 bits per heavy atom. The van der Waals surface area contributed by atoms with Crippen LogP contribution in [0.3, 0.4) is 0 Å². The zero-order chi connectivity index (χ0) is 14.4. The Bertz CT molecular complexity index is 634. The van der Waals surface area contributed by atoms with E-state index < -0.39 is 21.3 Å². The first-order valence-corrected chi connectivity index (χ1v) is 7.53. The average molecular weight is 283 g/mol. The van der Waals surface area contributed by atoms with Crippen molar-refractivity contribution in [2.24, 2.45) is 0 Å². The molecule has 0 spiro atoms. The smallest absolute Gasteiger partial charge is 0.337 e. The highest BCUT2D eigenvalue weighted by atomic mass is 32.2. The van der Waals surface area contributed by atoms with Crippen molar-refractivity contribution in [3.63, 3.8) is 0 Å². The number of hydrogen-bond donors (Lipinski definition) is 0. The lowest BCUT2D eigenvalue weighted by molar-refractivity contribution is 0.0600. The Balaban J connectivity index is 2.65. The van der Waals surface area contributed by atoms with Gasteiger partial charge in [0.15, 0.2) is 9.84 Å². The van der Waals surface area contributed by atoms with Crippen LogP contribution in [0.15, 0.2) is 23.1 Å². The molecule has 0 unspecified atom stereocenters. The number of benzene rings is 1. The molecule has 1 aromatic carbocycles. The van der Waals surface area contributed by atoms with Gasteiger partial charge in [0.05, 0.1) is 29.0 Å². The lowest BCUT2D eigenvalue weighted by Crippen LogP contribution is -2.50. The van der Waals surface area contributed by atoms with Crippen molar-refractivity contribution < 1.29 is 17.9 Å². The number of rotatable bonds is 1. The maximum absolute atomic E-state index is 12.3. The molecule has 1 heterocycles. The lowest BCUT2D eigenvalue weighted by Gasteiger charge is -2.42. The van der Waals surface area contributed by atoms with E-state index >= 15 is 0 Å². The zero-order valence-electron chi connectivity index (χ0n) is 11.4. The van der Waals surface area contributed by atoms with Gasteiger partial charge in [-0.15, -0.1) is 0 Å². The average Bonchev–Trinajstić information content (AvgIpc) is 2.33. The third-order valence-electron chi connectivity index (χ3n) is 3.53. The van der Waals surface area contributed by atoms with Gasteiger partial charge < -0.3 is 9.64 Å². The molecule has 0 amide bonds. The molecule has 0 saturated heterocycles. The molecule has 0 fully saturated rings. The van der Waals surface area contributed by atoms with Crippen molar-refractivity contribution in [3.05, 3.63) is 23.8 Å². The number of anilines is 1. The van der Waals surface area contributed by atoms with Gasteiger partial charge in [0.2, 0.25) is 0 Å². The van der Waals surface area contributed by atoms with Crippen LogP contribution < -0.4 is 4.90 Å². The summed E-state index contributed by atoms with van der Waals surface area (Å²) in [5.74, 6) is -0.515. The number of ether oxygens (including phenoxy) is 1. The maximum atomic E-state index is 12.3. The number of hydrogen-bond acceptors (Lipinski definition) is 5. The molecule has 0 N–H and O–H groups in total. The Hall–Kier alpha value is -1.56. The van der Waals surface area contributed by atoms with E-state index in [1.165, 1.54) is 13.2 Å². The molecule has 0 aromatic heterocycles. The van der Waals surface area contributed by atoms with Gasteiger partial charge in [-0.2, -0.15) is 0 Å². The molecule has 1 aliphatic rings. The van der Waals surface area contributed by atoms with E-state index in [0.29, 0.717) is 5.69 Å². The summed E-state index contributed by atoms with van der Waals surface area (Å²) in [6, 6.07) is 4.63. The molecular formula is C13H17NO4S. The minimum Gasteiger partial charge on any atom is -0.465 e. The fourth-order valence-corrected chi connectivity index (χ4v) is 4.36. The third-order valence-corrected chi connectivity index (χ3v) is 5.61. The lowest BCUT2D eigenvalue weighted by atomic mass is 10.0. The summed E-state index contributed by atoms with van der Waals surface area (Å²) in [6.07, 6.45) is 0. The van der Waals surface area contributed by atoms with Gasteiger partial charge in [0.1, 0.15) is 0 Å². The predicted molar refractivity (Wildman–Crippen MR) is 72.3 cm³/mol. The number of methoxy groups -OCH3 is 1. The number of carbonyl (C=O) groups excluding carboxylic acids is 1. The van der Waals surface area contributed by atoms with Crippen molar-refractivity contribution in [2.75, 3.05) is 24.8 Å². The molecule has 2 rings (SSSR count). The van der Waals surface area contributed by atoms with Crippen molar-refractivity contribution in [1.29, 1.82) is 0 Å². The third kappa shape index (κ3) is 2.20. The summed E-state index contributed by atoms with van der Waals surface area (Å²) in [5.41, 5.74) is 0.389. The Kier molecular flexibility index (Phi) is 3.09. The standard InChI is InChI=1S/C13H17NO4S/c1-13(2)8-19(16,17)11-7-9(12(15)18-4)5-6-10(11)14(13)3/h5-7H,8H2,1-4H3. The fraction of sp³-hybridized carbons (Fsp3) is 0.462. The van der Waals surface area contributed by atoms with E-state index in [-0.39, 0.29) is 16.2 Å². The topological polar surface area (TPSA) is 63.7 Å². The summed E-state index contributed by atoms with van der Waals surface area (Å²) >= 11 is 0. The predicted octanol–water partition coefficient (Wildman–Crippen LogP) is 1.48. The number of sulfone groups is 1. The quantitative estimate of drug-likeness (QED) is 0.730. The number of carbonyl (C=O) groups is 1. The van der Waals surface area contributed by atoms with Crippen LogP contribution in [-0.2, 0) is 14.6 Å². The van der Waals surface area contributed by atoms with Gasteiger partial charge >= 0.3 is 5.97 Å². The molecule has 1 aliphatic heterocycles. The monoisotopic (exact) mass is 283 g/mol. The first kappa shape index (κ1) is 13.9. The van der Waals surface area contributed by atoms with Crippen LogP contribution in [0, 0.1) is 0 Å². The van der Waals surface area contributed by atoms with Crippen molar-refractivity contribution in [3.8, 4) is 0 Å². The van der Waals surface area contributed by atoms with Crippen LogP contribution in [0.5, 0.6) is 0 Å². The molecule has 0 bridgehead atoms. The Morgan fingerprint density at radius 2 is 2.00 bits per heavy atom. The van der Waals surface area contributed by atoms with E-state index in [1.54, 1.807) is 12.1 Å². The van der Waals surface area contributed by atoms with Crippen LogP contribution in [0.2, 0.25) is 0 Å². The molecule has 0 aliphatic carbocycles. The highest BCUT2D eigenvalue weighted by molar-refractivity contribution is 7.91. The summed E-state index contributed by atoms with van der Waals surface area (Å²) in [6.45, 7) is 3.75. The van der Waals surface area contributed by atoms with Crippen LogP contribution >= 0.6 is 0 Å². The summed E-state index contributed by atoms with van der Waals surface area (Å²) in [4.78, 5) is 13.6. The second-order valence-corrected chi connectivity index (χ2v) is 7.26. The fourth-order valence-electron chi connectivity index (χ4n) is 2.25. The first-order valence-electron chi connectivity index (χ1n) is 5.88. The maximum Gasteiger partial charge on any atom is 0.337 e. The summed E-state index contributed by atoms with van der Waals surface area (Å²) in [5, 5.41) is 0. The number of esters is 1. The van der Waals surface area contributed by atoms with E-state index in [1.807, 2.05) is 25.8 Å². The van der Waals surface area contributed by atoms with Gasteiger partial charge in [0, 0.05) is 12.6 Å². The first-order chi connectivity index (χ1) is 8.69. The SMILES string of the molecule is COC(=O)c1ccc2c(c1)S(=O)(=O)CC(C)(C)N2C. The molecule has 5 nitrogen and oxygen atoms in total. The van der Waals surface area contributed by atoms with Gasteiger partial charge in [-0.3, -0.25) is 0 Å². The van der Waals surface area contributed by atoms with Crippen molar-refractivity contribution in [2.45, 2.75) is 24.3 Å². The molecule has 6 heteroatoms. The number of nitrogens with zero attached hydrogens (tertiary/aromatic N) is 1. The van der Waals surface area contributed by atoms with E-state index in [2.05, 4.69) is 4.74 Å². The van der Waals surface area contributed by atoms with Crippen molar-refractivity contribution in [1.82, 2.24) is 0 Å². The minimum atomic E-state index is -3.40. The van der Waals surface area contributed by atoms with E-state index in [0.717, 1.165) is 0 Å². The molecule has 0 atom stereocenters. The van der Waals surface area contributed by atoms with Crippen LogP contribution in [0.25, 0.3) is 0 Å². The highest BCUT2D eigenvalue weighted by Crippen LogP contribution is 2.37. The summed E-state index contributed by atoms with van der Waals surface area (Å²) in [7, 11) is -0.274. The van der Waals surface area contributed by atoms with Gasteiger partial charge in [-0.25, -0.2) is 13.2 Å². The molecule has 0 radical (unpaired) electrons. The van der Waals surface area contributed by atoms with Crippen LogP contribution in [0.4, 0.5) is 5.69 Å². The Morgan fingerprint density at radius 3 is 2.58 bits per heavy atom. The van der Waals surface area contributed by atoms with Gasteiger partial charge in [-0.05, 0) is 32.0 Å². The van der Waals surface area contributed by atoms with E-state index in [9.17, 15) is 13.2 Å². The van der Waals surface area contributed by atoms with Gasteiger partial charge in [-0.1, -0.05) is 0 Å². The molecule has 0 saturated carbocycles.